The van der Waals surface area contributed by atoms with Gasteiger partial charge < -0.3 is 11.1 Å². The van der Waals surface area contributed by atoms with Gasteiger partial charge in [0.15, 0.2) is 0 Å². The Bertz CT molecular complexity index is 346. The molecule has 0 radical (unpaired) electrons. The highest BCUT2D eigenvalue weighted by Crippen LogP contribution is 2.26. The summed E-state index contributed by atoms with van der Waals surface area (Å²) in [4.78, 5) is 0. The molecular weight excluding hydrogens is 208 g/mol. The van der Waals surface area contributed by atoms with Gasteiger partial charge in [0.1, 0.15) is 0 Å². The van der Waals surface area contributed by atoms with Crippen molar-refractivity contribution < 1.29 is 0 Å². The first-order valence-electron chi connectivity index (χ1n) is 6.46. The lowest BCUT2D eigenvalue weighted by molar-refractivity contribution is 0.493. The van der Waals surface area contributed by atoms with E-state index in [1.807, 2.05) is 7.05 Å². The Morgan fingerprint density at radius 3 is 2.06 bits per heavy atom. The Balaban J connectivity index is 2.95. The van der Waals surface area contributed by atoms with E-state index >= 15 is 0 Å². The summed E-state index contributed by atoms with van der Waals surface area (Å²) in [6.45, 7) is 8.62. The lowest BCUT2D eigenvalue weighted by atomic mass is 9.91. The van der Waals surface area contributed by atoms with Crippen molar-refractivity contribution in [2.45, 2.75) is 52.6 Å². The third-order valence-electron chi connectivity index (χ3n) is 3.35. The van der Waals surface area contributed by atoms with Crippen LogP contribution in [0.1, 0.15) is 48.1 Å². The van der Waals surface area contributed by atoms with E-state index in [0.29, 0.717) is 6.04 Å². The first kappa shape index (κ1) is 14.2. The Morgan fingerprint density at radius 1 is 1.12 bits per heavy atom. The minimum atomic E-state index is 0.275. The van der Waals surface area contributed by atoms with Crippen LogP contribution in [0, 0.1) is 20.8 Å². The van der Waals surface area contributed by atoms with Gasteiger partial charge in [-0.25, -0.2) is 0 Å². The molecule has 0 fully saturated rings. The molecule has 17 heavy (non-hydrogen) atoms. The van der Waals surface area contributed by atoms with Crippen LogP contribution in [-0.2, 0) is 0 Å². The molecule has 1 aromatic rings. The molecule has 0 bridgehead atoms. The molecule has 0 heterocycles. The van der Waals surface area contributed by atoms with Crippen molar-refractivity contribution in [1.82, 2.24) is 5.32 Å². The normalized spacial score (nSPS) is 14.7. The van der Waals surface area contributed by atoms with Gasteiger partial charge in [-0.3, -0.25) is 0 Å². The van der Waals surface area contributed by atoms with Gasteiger partial charge in [0.05, 0.1) is 0 Å². The monoisotopic (exact) mass is 234 g/mol. The number of nitrogens with two attached hydrogens (primary N) is 1. The van der Waals surface area contributed by atoms with E-state index in [1.165, 1.54) is 22.3 Å². The molecular formula is C15H26N2. The van der Waals surface area contributed by atoms with Gasteiger partial charge in [-0.05, 0) is 64.3 Å². The van der Waals surface area contributed by atoms with E-state index in [-0.39, 0.29) is 6.04 Å². The maximum Gasteiger partial charge on any atom is 0.0323 e. The molecule has 1 rings (SSSR count). The van der Waals surface area contributed by atoms with Crippen molar-refractivity contribution in [3.05, 3.63) is 34.4 Å². The maximum atomic E-state index is 5.85. The third-order valence-corrected chi connectivity index (χ3v) is 3.35. The van der Waals surface area contributed by atoms with Crippen molar-refractivity contribution in [1.29, 1.82) is 0 Å². The lowest BCUT2D eigenvalue weighted by Gasteiger charge is -2.22. The average Bonchev–Trinajstić information content (AvgIpc) is 2.21. The van der Waals surface area contributed by atoms with Crippen LogP contribution in [0.2, 0.25) is 0 Å². The van der Waals surface area contributed by atoms with Crippen LogP contribution in [0.3, 0.4) is 0 Å². The smallest absolute Gasteiger partial charge is 0.0323 e. The second kappa shape index (κ2) is 6.18. The van der Waals surface area contributed by atoms with Gasteiger partial charge in [-0.1, -0.05) is 17.7 Å². The fourth-order valence-corrected chi connectivity index (χ4v) is 2.60. The van der Waals surface area contributed by atoms with E-state index in [2.05, 4.69) is 45.1 Å². The Labute approximate surface area is 106 Å². The molecule has 2 atom stereocenters. The van der Waals surface area contributed by atoms with Crippen LogP contribution in [0.5, 0.6) is 0 Å². The molecule has 0 aliphatic carbocycles. The SMILES string of the molecule is CNC(CCC(C)N)c1c(C)cc(C)cc1C. The number of nitrogens with one attached hydrogen (secondary N) is 1. The summed E-state index contributed by atoms with van der Waals surface area (Å²) in [7, 11) is 2.03. The zero-order chi connectivity index (χ0) is 13.0. The van der Waals surface area contributed by atoms with Gasteiger partial charge >= 0.3 is 0 Å². The molecule has 0 saturated heterocycles. The summed E-state index contributed by atoms with van der Waals surface area (Å²) in [5.41, 5.74) is 11.4. The summed E-state index contributed by atoms with van der Waals surface area (Å²) in [6, 6.07) is 5.22. The fraction of sp³-hybridized carbons (Fsp3) is 0.600. The highest BCUT2D eigenvalue weighted by atomic mass is 14.9. The molecule has 96 valence electrons. The fourth-order valence-electron chi connectivity index (χ4n) is 2.60. The molecule has 2 unspecified atom stereocenters. The minimum absolute atomic E-state index is 0.275. The molecule has 2 heteroatoms. The molecule has 0 saturated carbocycles. The average molecular weight is 234 g/mol. The molecule has 0 aliphatic heterocycles. The molecule has 0 aromatic heterocycles. The van der Waals surface area contributed by atoms with Gasteiger partial charge in [0, 0.05) is 12.1 Å². The van der Waals surface area contributed by atoms with Crippen LogP contribution in [0.25, 0.3) is 0 Å². The molecule has 0 spiro atoms. The predicted molar refractivity (Wildman–Crippen MR) is 75.3 cm³/mol. The van der Waals surface area contributed by atoms with Gasteiger partial charge in [0.2, 0.25) is 0 Å². The molecule has 0 aliphatic rings. The van der Waals surface area contributed by atoms with E-state index in [4.69, 9.17) is 5.73 Å². The first-order valence-corrected chi connectivity index (χ1v) is 6.46. The van der Waals surface area contributed by atoms with Crippen molar-refractivity contribution in [3.8, 4) is 0 Å². The highest BCUT2D eigenvalue weighted by molar-refractivity contribution is 5.39. The summed E-state index contributed by atoms with van der Waals surface area (Å²) >= 11 is 0. The summed E-state index contributed by atoms with van der Waals surface area (Å²) in [5.74, 6) is 0. The summed E-state index contributed by atoms with van der Waals surface area (Å²) in [6.07, 6.45) is 2.15. The zero-order valence-electron chi connectivity index (χ0n) is 11.8. The Kier molecular flexibility index (Phi) is 5.16. The molecule has 2 nitrogen and oxygen atoms in total. The van der Waals surface area contributed by atoms with Crippen molar-refractivity contribution in [2.75, 3.05) is 7.05 Å². The number of hydrogen-bond donors (Lipinski definition) is 2. The van der Waals surface area contributed by atoms with Gasteiger partial charge in [-0.2, -0.15) is 0 Å². The van der Waals surface area contributed by atoms with E-state index in [1.54, 1.807) is 0 Å². The predicted octanol–water partition coefficient (Wildman–Crippen LogP) is 3.00. The maximum absolute atomic E-state index is 5.85. The molecule has 1 aromatic carbocycles. The summed E-state index contributed by atoms with van der Waals surface area (Å²) in [5, 5.41) is 3.42. The number of benzene rings is 1. The van der Waals surface area contributed by atoms with Crippen molar-refractivity contribution >= 4 is 0 Å². The highest BCUT2D eigenvalue weighted by Gasteiger charge is 2.15. The van der Waals surface area contributed by atoms with E-state index in [0.717, 1.165) is 12.8 Å². The number of hydrogen-bond acceptors (Lipinski definition) is 2. The van der Waals surface area contributed by atoms with E-state index in [9.17, 15) is 0 Å². The summed E-state index contributed by atoms with van der Waals surface area (Å²) < 4.78 is 0. The third kappa shape index (κ3) is 3.83. The van der Waals surface area contributed by atoms with Crippen molar-refractivity contribution in [2.24, 2.45) is 5.73 Å². The first-order chi connectivity index (χ1) is 7.95. The van der Waals surface area contributed by atoms with Crippen LogP contribution in [0.15, 0.2) is 12.1 Å². The minimum Gasteiger partial charge on any atom is -0.328 e. The van der Waals surface area contributed by atoms with Gasteiger partial charge in [-0.15, -0.1) is 0 Å². The topological polar surface area (TPSA) is 38.0 Å². The Hall–Kier alpha value is -0.860. The van der Waals surface area contributed by atoms with Crippen molar-refractivity contribution in [3.63, 3.8) is 0 Å². The van der Waals surface area contributed by atoms with Crippen LogP contribution >= 0.6 is 0 Å². The lowest BCUT2D eigenvalue weighted by Crippen LogP contribution is -2.22. The van der Waals surface area contributed by atoms with Crippen LogP contribution in [-0.4, -0.2) is 13.1 Å². The molecule has 0 amide bonds. The second-order valence-electron chi connectivity index (χ2n) is 5.21. The van der Waals surface area contributed by atoms with Crippen LogP contribution in [0.4, 0.5) is 0 Å². The largest absolute Gasteiger partial charge is 0.328 e. The van der Waals surface area contributed by atoms with E-state index < -0.39 is 0 Å². The van der Waals surface area contributed by atoms with Gasteiger partial charge in [0.25, 0.3) is 0 Å². The number of aryl methyl sites for hydroxylation is 3. The number of rotatable bonds is 5. The second-order valence-corrected chi connectivity index (χ2v) is 5.21. The van der Waals surface area contributed by atoms with Crippen LogP contribution < -0.4 is 11.1 Å². The molecule has 3 N–H and O–H groups in total. The standard InChI is InChI=1S/C15H26N2/c1-10-8-11(2)15(12(3)9-10)14(17-5)7-6-13(4)16/h8-9,13-14,17H,6-7,16H2,1-5H3. The Morgan fingerprint density at radius 2 is 1.65 bits per heavy atom. The zero-order valence-corrected chi connectivity index (χ0v) is 11.8. The quantitative estimate of drug-likeness (QED) is 0.822.